The number of carbonyl (C=O) groups excluding carboxylic acids is 1. The quantitative estimate of drug-likeness (QED) is 0.795. The summed E-state index contributed by atoms with van der Waals surface area (Å²) < 4.78 is 0. The van der Waals surface area contributed by atoms with Gasteiger partial charge in [-0.3, -0.25) is 15.0 Å². The van der Waals surface area contributed by atoms with Gasteiger partial charge in [0.05, 0.1) is 0 Å². The van der Waals surface area contributed by atoms with Crippen LogP contribution in [0.1, 0.15) is 15.9 Å². The molecule has 3 rings (SSSR count). The summed E-state index contributed by atoms with van der Waals surface area (Å²) in [5.74, 6) is -0.204. The van der Waals surface area contributed by atoms with Crippen LogP contribution in [0, 0.1) is 0 Å². The third kappa shape index (κ3) is 5.89. The molecule has 140 valence electrons. The fourth-order valence-electron chi connectivity index (χ4n) is 2.89. The van der Waals surface area contributed by atoms with Crippen LogP contribution in [0.5, 0.6) is 0 Å². The number of carbonyl (C=O) groups is 1. The number of piperazine rings is 1. The van der Waals surface area contributed by atoms with Gasteiger partial charge in [-0.05, 0) is 42.0 Å². The van der Waals surface area contributed by atoms with Gasteiger partial charge in [-0.1, -0.05) is 54.1 Å². The van der Waals surface area contributed by atoms with Crippen LogP contribution in [0.3, 0.4) is 0 Å². The topological polar surface area (TPSA) is 35.6 Å². The molecular formula is C21H22ClN3OS. The standard InChI is InChI=1S/C21H22ClN3OS/c22-19-10-8-18(9-11-19)20(26)23-21(27)25-15-13-24(14-16-25)12-4-7-17-5-2-1-3-6-17/h1-11H,12-16H2,(H,23,26,27)/b7-4+. The minimum atomic E-state index is -0.204. The Morgan fingerprint density at radius 1 is 1.04 bits per heavy atom. The van der Waals surface area contributed by atoms with E-state index in [1.807, 2.05) is 23.1 Å². The predicted octanol–water partition coefficient (Wildman–Crippen LogP) is 3.69. The Kier molecular flexibility index (Phi) is 6.98. The first-order valence-corrected chi connectivity index (χ1v) is 9.70. The van der Waals surface area contributed by atoms with Crippen molar-refractivity contribution in [2.75, 3.05) is 32.7 Å². The van der Waals surface area contributed by atoms with Crippen molar-refractivity contribution in [1.82, 2.24) is 15.1 Å². The molecule has 1 fully saturated rings. The van der Waals surface area contributed by atoms with Gasteiger partial charge in [0.1, 0.15) is 0 Å². The Bertz CT molecular complexity index is 800. The maximum absolute atomic E-state index is 12.3. The molecule has 1 aliphatic heterocycles. The lowest BCUT2D eigenvalue weighted by atomic mass is 10.2. The van der Waals surface area contributed by atoms with Crippen LogP contribution >= 0.6 is 23.8 Å². The van der Waals surface area contributed by atoms with E-state index in [9.17, 15) is 4.79 Å². The van der Waals surface area contributed by atoms with E-state index >= 15 is 0 Å². The summed E-state index contributed by atoms with van der Waals surface area (Å²) in [4.78, 5) is 16.7. The fourth-order valence-corrected chi connectivity index (χ4v) is 3.29. The highest BCUT2D eigenvalue weighted by atomic mass is 35.5. The molecular weight excluding hydrogens is 378 g/mol. The summed E-state index contributed by atoms with van der Waals surface area (Å²) in [5, 5.41) is 3.89. The van der Waals surface area contributed by atoms with E-state index in [1.165, 1.54) is 5.56 Å². The lowest BCUT2D eigenvalue weighted by Crippen LogP contribution is -2.52. The molecule has 0 spiro atoms. The van der Waals surface area contributed by atoms with Crippen LogP contribution in [-0.4, -0.2) is 53.5 Å². The molecule has 0 bridgehead atoms. The second-order valence-corrected chi connectivity index (χ2v) is 7.19. The number of nitrogens with one attached hydrogen (secondary N) is 1. The third-order valence-corrected chi connectivity index (χ3v) is 5.07. The Hall–Kier alpha value is -2.21. The van der Waals surface area contributed by atoms with E-state index in [-0.39, 0.29) is 5.91 Å². The van der Waals surface area contributed by atoms with E-state index in [0.29, 0.717) is 15.7 Å². The molecule has 2 aromatic rings. The Labute approximate surface area is 170 Å². The number of thiocarbonyl (C=S) groups is 1. The maximum atomic E-state index is 12.3. The number of halogens is 1. The summed E-state index contributed by atoms with van der Waals surface area (Å²) in [6.07, 6.45) is 4.33. The van der Waals surface area contributed by atoms with Crippen LogP contribution in [0.2, 0.25) is 5.02 Å². The SMILES string of the molecule is O=C(NC(=S)N1CCN(C/C=C/c2ccccc2)CC1)c1ccc(Cl)cc1. The van der Waals surface area contributed by atoms with Crippen molar-refractivity contribution in [2.45, 2.75) is 0 Å². The van der Waals surface area contributed by atoms with Crippen molar-refractivity contribution in [2.24, 2.45) is 0 Å². The molecule has 0 unspecified atom stereocenters. The Balaban J connectivity index is 1.43. The fraction of sp³-hybridized carbons (Fsp3) is 0.238. The molecule has 1 amide bonds. The van der Waals surface area contributed by atoms with Crippen molar-refractivity contribution in [3.63, 3.8) is 0 Å². The zero-order valence-corrected chi connectivity index (χ0v) is 16.5. The molecule has 0 atom stereocenters. The van der Waals surface area contributed by atoms with Gasteiger partial charge in [-0.25, -0.2) is 0 Å². The molecule has 6 heteroatoms. The number of hydrogen-bond donors (Lipinski definition) is 1. The smallest absolute Gasteiger partial charge is 0.257 e. The average molecular weight is 400 g/mol. The zero-order valence-electron chi connectivity index (χ0n) is 15.0. The lowest BCUT2D eigenvalue weighted by Gasteiger charge is -2.35. The van der Waals surface area contributed by atoms with Crippen LogP contribution in [0.25, 0.3) is 6.08 Å². The molecule has 0 saturated carbocycles. The normalized spacial score (nSPS) is 15.1. The number of nitrogens with zero attached hydrogens (tertiary/aromatic N) is 2. The van der Waals surface area contributed by atoms with E-state index in [4.69, 9.17) is 23.8 Å². The molecule has 0 aromatic heterocycles. The molecule has 0 aliphatic carbocycles. The van der Waals surface area contributed by atoms with Gasteiger partial charge >= 0.3 is 0 Å². The number of rotatable bonds is 4. The van der Waals surface area contributed by atoms with Crippen molar-refractivity contribution in [3.05, 3.63) is 76.8 Å². The molecule has 1 N–H and O–H groups in total. The Morgan fingerprint density at radius 3 is 2.37 bits per heavy atom. The van der Waals surface area contributed by atoms with Crippen molar-refractivity contribution in [1.29, 1.82) is 0 Å². The molecule has 2 aromatic carbocycles. The minimum absolute atomic E-state index is 0.204. The van der Waals surface area contributed by atoms with Crippen molar-refractivity contribution < 1.29 is 4.79 Å². The molecule has 27 heavy (non-hydrogen) atoms. The summed E-state index contributed by atoms with van der Waals surface area (Å²) >= 11 is 11.3. The molecule has 4 nitrogen and oxygen atoms in total. The highest BCUT2D eigenvalue weighted by Gasteiger charge is 2.19. The van der Waals surface area contributed by atoms with Gasteiger partial charge in [0.15, 0.2) is 5.11 Å². The van der Waals surface area contributed by atoms with Crippen LogP contribution in [0.15, 0.2) is 60.7 Å². The van der Waals surface area contributed by atoms with E-state index in [0.717, 1.165) is 32.7 Å². The predicted molar refractivity (Wildman–Crippen MR) is 115 cm³/mol. The van der Waals surface area contributed by atoms with E-state index in [2.05, 4.69) is 34.5 Å². The number of hydrogen-bond acceptors (Lipinski definition) is 3. The summed E-state index contributed by atoms with van der Waals surface area (Å²) in [5.41, 5.74) is 1.76. The zero-order chi connectivity index (χ0) is 19.1. The van der Waals surface area contributed by atoms with Gasteiger partial charge in [0.2, 0.25) is 0 Å². The van der Waals surface area contributed by atoms with Gasteiger partial charge in [0.25, 0.3) is 5.91 Å². The largest absolute Gasteiger partial charge is 0.346 e. The highest BCUT2D eigenvalue weighted by Crippen LogP contribution is 2.10. The van der Waals surface area contributed by atoms with Crippen molar-refractivity contribution in [3.8, 4) is 0 Å². The van der Waals surface area contributed by atoms with Gasteiger partial charge in [0, 0.05) is 43.3 Å². The molecule has 1 aliphatic rings. The lowest BCUT2D eigenvalue weighted by molar-refractivity contribution is 0.0970. The highest BCUT2D eigenvalue weighted by molar-refractivity contribution is 7.80. The number of amides is 1. The monoisotopic (exact) mass is 399 g/mol. The summed E-state index contributed by atoms with van der Waals surface area (Å²) in [6, 6.07) is 17.1. The summed E-state index contributed by atoms with van der Waals surface area (Å²) in [6.45, 7) is 4.34. The van der Waals surface area contributed by atoms with Crippen LogP contribution in [-0.2, 0) is 0 Å². The van der Waals surface area contributed by atoms with E-state index in [1.54, 1.807) is 24.3 Å². The van der Waals surface area contributed by atoms with Gasteiger partial charge in [-0.2, -0.15) is 0 Å². The van der Waals surface area contributed by atoms with Crippen molar-refractivity contribution >= 4 is 40.9 Å². The first kappa shape index (κ1) is 19.5. The maximum Gasteiger partial charge on any atom is 0.257 e. The minimum Gasteiger partial charge on any atom is -0.346 e. The second kappa shape index (κ2) is 9.65. The molecule has 1 heterocycles. The second-order valence-electron chi connectivity index (χ2n) is 6.37. The van der Waals surface area contributed by atoms with Crippen LogP contribution in [0.4, 0.5) is 0 Å². The first-order valence-electron chi connectivity index (χ1n) is 8.91. The molecule has 0 radical (unpaired) electrons. The Morgan fingerprint density at radius 2 is 1.70 bits per heavy atom. The molecule has 1 saturated heterocycles. The van der Waals surface area contributed by atoms with Gasteiger partial charge in [-0.15, -0.1) is 0 Å². The van der Waals surface area contributed by atoms with Crippen LogP contribution < -0.4 is 5.32 Å². The number of benzene rings is 2. The van der Waals surface area contributed by atoms with Gasteiger partial charge < -0.3 is 4.90 Å². The first-order chi connectivity index (χ1) is 13.1. The summed E-state index contributed by atoms with van der Waals surface area (Å²) in [7, 11) is 0. The van der Waals surface area contributed by atoms with E-state index < -0.39 is 0 Å². The average Bonchev–Trinajstić information content (AvgIpc) is 2.70. The third-order valence-electron chi connectivity index (χ3n) is 4.46.